The number of pyridine rings is 2. The Morgan fingerprint density at radius 2 is 1.68 bits per heavy atom. The number of aromatic nitrogens is 6. The molecule has 7 heteroatoms. The van der Waals surface area contributed by atoms with Crippen molar-refractivity contribution in [3.8, 4) is 33.9 Å². The highest BCUT2D eigenvalue weighted by atomic mass is 15.3. The van der Waals surface area contributed by atoms with Gasteiger partial charge >= 0.3 is 0 Å². The Bertz CT molecular complexity index is 1810. The smallest absolute Gasteiger partial charge is 0.186 e. The van der Waals surface area contributed by atoms with Gasteiger partial charge in [0.25, 0.3) is 0 Å². The van der Waals surface area contributed by atoms with Crippen LogP contribution in [0, 0.1) is 0 Å². The van der Waals surface area contributed by atoms with Crippen molar-refractivity contribution in [2.24, 2.45) is 5.73 Å². The molecule has 0 atom stereocenters. The van der Waals surface area contributed by atoms with E-state index in [2.05, 4.69) is 85.5 Å². The standard InChI is InChI=1S/C31H27N7/c32-31(15-4-16-31)22-11-9-21(10-12-22)29-23(19-5-2-1-3-6-19)17-27-24(33-29)13-14-28-36-37-30(38(27)28)26-18-25(34-35-26)20-7-8-20/h1-3,5-6,9-14,17-18,20H,4,7-8,15-16,32H2,(H,34,35). The SMILES string of the molecule is NC1(c2ccc(-c3nc4ccc5nnc(-c6cc(C7CC7)n[nH]6)n5c4cc3-c3ccccc3)cc2)CCC1. The van der Waals surface area contributed by atoms with Crippen molar-refractivity contribution in [2.45, 2.75) is 43.6 Å². The summed E-state index contributed by atoms with van der Waals surface area (Å²) in [7, 11) is 0. The van der Waals surface area contributed by atoms with Crippen molar-refractivity contribution in [1.29, 1.82) is 0 Å². The van der Waals surface area contributed by atoms with E-state index in [4.69, 9.17) is 10.7 Å². The van der Waals surface area contributed by atoms with Crippen molar-refractivity contribution >= 4 is 16.7 Å². The lowest BCUT2D eigenvalue weighted by Crippen LogP contribution is -2.43. The van der Waals surface area contributed by atoms with Crippen molar-refractivity contribution in [2.75, 3.05) is 0 Å². The van der Waals surface area contributed by atoms with Gasteiger partial charge in [-0.15, -0.1) is 10.2 Å². The van der Waals surface area contributed by atoms with E-state index in [1.807, 2.05) is 18.2 Å². The van der Waals surface area contributed by atoms with E-state index >= 15 is 0 Å². The zero-order valence-electron chi connectivity index (χ0n) is 20.9. The van der Waals surface area contributed by atoms with Gasteiger partial charge in [0.05, 0.1) is 22.4 Å². The van der Waals surface area contributed by atoms with Gasteiger partial charge < -0.3 is 5.73 Å². The molecule has 0 bridgehead atoms. The van der Waals surface area contributed by atoms with E-state index in [0.29, 0.717) is 5.92 Å². The lowest BCUT2D eigenvalue weighted by atomic mass is 9.72. The Labute approximate surface area is 219 Å². The van der Waals surface area contributed by atoms with Crippen LogP contribution in [0.5, 0.6) is 0 Å². The van der Waals surface area contributed by atoms with Gasteiger partial charge in [-0.3, -0.25) is 9.50 Å². The molecule has 8 rings (SSSR count). The molecule has 2 fully saturated rings. The van der Waals surface area contributed by atoms with Crippen LogP contribution in [0.4, 0.5) is 0 Å². The molecular weight excluding hydrogens is 470 g/mol. The fourth-order valence-electron chi connectivity index (χ4n) is 5.69. The van der Waals surface area contributed by atoms with Gasteiger partial charge in [0.1, 0.15) is 5.69 Å². The number of rotatable bonds is 5. The van der Waals surface area contributed by atoms with Crippen molar-refractivity contribution in [3.63, 3.8) is 0 Å². The van der Waals surface area contributed by atoms with E-state index in [1.54, 1.807) is 0 Å². The Morgan fingerprint density at radius 3 is 2.42 bits per heavy atom. The van der Waals surface area contributed by atoms with E-state index in [1.165, 1.54) is 24.8 Å². The second kappa shape index (κ2) is 8.07. The molecule has 38 heavy (non-hydrogen) atoms. The van der Waals surface area contributed by atoms with Crippen LogP contribution >= 0.6 is 0 Å². The minimum atomic E-state index is -0.180. The molecule has 4 aromatic heterocycles. The average Bonchev–Trinajstić information content (AvgIpc) is 3.52. The predicted octanol–water partition coefficient (Wildman–Crippen LogP) is 6.22. The summed E-state index contributed by atoms with van der Waals surface area (Å²) in [4.78, 5) is 5.22. The van der Waals surface area contributed by atoms with Gasteiger partial charge in [-0.05, 0) is 67.5 Å². The number of nitrogens with one attached hydrogen (secondary N) is 1. The van der Waals surface area contributed by atoms with Crippen LogP contribution in [0.1, 0.15) is 49.3 Å². The van der Waals surface area contributed by atoms with E-state index < -0.39 is 0 Å². The highest BCUT2D eigenvalue weighted by Gasteiger charge is 2.34. The maximum absolute atomic E-state index is 6.60. The second-order valence-electron chi connectivity index (χ2n) is 10.8. The number of hydrogen-bond donors (Lipinski definition) is 2. The fourth-order valence-corrected chi connectivity index (χ4v) is 5.69. The number of hydrogen-bond acceptors (Lipinski definition) is 5. The first-order chi connectivity index (χ1) is 18.7. The summed E-state index contributed by atoms with van der Waals surface area (Å²) < 4.78 is 2.08. The zero-order valence-corrected chi connectivity index (χ0v) is 20.9. The van der Waals surface area contributed by atoms with Crippen molar-refractivity contribution in [1.82, 2.24) is 29.8 Å². The number of nitrogens with zero attached hydrogens (tertiary/aromatic N) is 5. The zero-order chi connectivity index (χ0) is 25.3. The molecule has 0 unspecified atom stereocenters. The molecular formula is C31H27N7. The summed E-state index contributed by atoms with van der Waals surface area (Å²) >= 11 is 0. The van der Waals surface area contributed by atoms with Crippen LogP contribution in [0.3, 0.4) is 0 Å². The first kappa shape index (κ1) is 21.7. The lowest BCUT2D eigenvalue weighted by molar-refractivity contribution is 0.253. The fraction of sp³-hybridized carbons (Fsp3) is 0.226. The van der Waals surface area contributed by atoms with Gasteiger partial charge in [0, 0.05) is 22.6 Å². The Kier molecular flexibility index (Phi) is 4.61. The van der Waals surface area contributed by atoms with Crippen LogP contribution in [-0.4, -0.2) is 29.8 Å². The van der Waals surface area contributed by atoms with Gasteiger partial charge in [-0.25, -0.2) is 4.98 Å². The molecule has 0 aliphatic heterocycles. The molecule has 0 amide bonds. The second-order valence-corrected chi connectivity index (χ2v) is 10.8. The first-order valence-electron chi connectivity index (χ1n) is 13.4. The van der Waals surface area contributed by atoms with Gasteiger partial charge in [0.2, 0.25) is 0 Å². The molecule has 0 saturated heterocycles. The maximum Gasteiger partial charge on any atom is 0.186 e. The molecule has 0 spiro atoms. The number of aromatic amines is 1. The van der Waals surface area contributed by atoms with Crippen LogP contribution in [0.25, 0.3) is 50.6 Å². The molecule has 186 valence electrons. The summed E-state index contributed by atoms with van der Waals surface area (Å²) in [6, 6.07) is 27.4. The molecule has 2 aromatic carbocycles. The molecule has 4 heterocycles. The van der Waals surface area contributed by atoms with Gasteiger partial charge in [-0.1, -0.05) is 54.6 Å². The highest BCUT2D eigenvalue weighted by molar-refractivity contribution is 5.92. The number of benzene rings is 2. The monoisotopic (exact) mass is 497 g/mol. The van der Waals surface area contributed by atoms with E-state index in [-0.39, 0.29) is 5.54 Å². The van der Waals surface area contributed by atoms with Crippen LogP contribution < -0.4 is 5.73 Å². The maximum atomic E-state index is 6.60. The summed E-state index contributed by atoms with van der Waals surface area (Å²) in [5.41, 5.74) is 16.4. The van der Waals surface area contributed by atoms with Crippen molar-refractivity contribution in [3.05, 3.63) is 90.1 Å². The molecule has 7 nitrogen and oxygen atoms in total. The van der Waals surface area contributed by atoms with Gasteiger partial charge in [-0.2, -0.15) is 5.10 Å². The average molecular weight is 498 g/mol. The van der Waals surface area contributed by atoms with Crippen LogP contribution in [0.2, 0.25) is 0 Å². The third-order valence-electron chi connectivity index (χ3n) is 8.25. The topological polar surface area (TPSA) is 97.8 Å². The Morgan fingerprint density at radius 1 is 0.868 bits per heavy atom. The minimum Gasteiger partial charge on any atom is -0.321 e. The molecule has 2 aliphatic carbocycles. The molecule has 6 aromatic rings. The first-order valence-corrected chi connectivity index (χ1v) is 13.4. The normalized spacial score (nSPS) is 16.7. The lowest BCUT2D eigenvalue weighted by Gasteiger charge is -2.38. The molecule has 0 radical (unpaired) electrons. The van der Waals surface area contributed by atoms with E-state index in [9.17, 15) is 0 Å². The number of fused-ring (bicyclic) bond motifs is 3. The van der Waals surface area contributed by atoms with Crippen molar-refractivity contribution < 1.29 is 0 Å². The molecule has 2 saturated carbocycles. The molecule has 3 N–H and O–H groups in total. The third kappa shape index (κ3) is 3.39. The van der Waals surface area contributed by atoms with Crippen LogP contribution in [0.15, 0.2) is 78.9 Å². The van der Waals surface area contributed by atoms with Gasteiger partial charge in [0.15, 0.2) is 11.5 Å². The summed E-state index contributed by atoms with van der Waals surface area (Å²) in [6.45, 7) is 0. The van der Waals surface area contributed by atoms with E-state index in [0.717, 1.165) is 69.1 Å². The Balaban J connectivity index is 1.33. The summed E-state index contributed by atoms with van der Waals surface area (Å²) in [5.74, 6) is 1.31. The highest BCUT2D eigenvalue weighted by Crippen LogP contribution is 2.41. The third-order valence-corrected chi connectivity index (χ3v) is 8.25. The Hall–Kier alpha value is -4.36. The van der Waals surface area contributed by atoms with Crippen LogP contribution in [-0.2, 0) is 5.54 Å². The number of H-pyrrole nitrogens is 1. The summed E-state index contributed by atoms with van der Waals surface area (Å²) in [5, 5.41) is 16.7. The minimum absolute atomic E-state index is 0.180. The molecule has 2 aliphatic rings. The number of nitrogens with two attached hydrogens (primary N) is 1. The predicted molar refractivity (Wildman–Crippen MR) is 148 cm³/mol. The summed E-state index contributed by atoms with van der Waals surface area (Å²) in [6.07, 6.45) is 5.70. The quantitative estimate of drug-likeness (QED) is 0.295. The largest absolute Gasteiger partial charge is 0.321 e.